The summed E-state index contributed by atoms with van der Waals surface area (Å²) < 4.78 is 5.86. The molecular weight excluding hydrogens is 454 g/mol. The van der Waals surface area contributed by atoms with E-state index >= 15 is 0 Å². The van der Waals surface area contributed by atoms with Gasteiger partial charge in [-0.25, -0.2) is 4.98 Å². The molecule has 0 saturated carbocycles. The van der Waals surface area contributed by atoms with Crippen LogP contribution in [0.1, 0.15) is 17.5 Å². The molecule has 9 nitrogen and oxygen atoms in total. The number of fused-ring (bicyclic) bond motifs is 5. The Hall–Kier alpha value is -3.87. The molecule has 0 aliphatic carbocycles. The van der Waals surface area contributed by atoms with E-state index < -0.39 is 0 Å². The topological polar surface area (TPSA) is 115 Å². The summed E-state index contributed by atoms with van der Waals surface area (Å²) in [6.07, 6.45) is 1.84. The van der Waals surface area contributed by atoms with Gasteiger partial charge in [0, 0.05) is 30.2 Å². The van der Waals surface area contributed by atoms with Crippen molar-refractivity contribution in [3.63, 3.8) is 0 Å². The average Bonchev–Trinajstić information content (AvgIpc) is 2.81. The third-order valence-electron chi connectivity index (χ3n) is 5.14. The Bertz CT molecular complexity index is 1230. The summed E-state index contributed by atoms with van der Waals surface area (Å²) in [6.45, 7) is 1.94. The first-order chi connectivity index (χ1) is 16.5. The number of hydrogen-bond acceptors (Lipinski definition) is 8. The van der Waals surface area contributed by atoms with Gasteiger partial charge in [-0.15, -0.1) is 0 Å². The van der Waals surface area contributed by atoms with E-state index in [1.54, 1.807) is 18.2 Å². The summed E-state index contributed by atoms with van der Waals surface area (Å²) in [6, 6.07) is 15.1. The summed E-state index contributed by atoms with van der Waals surface area (Å²) >= 11 is 6.19. The van der Waals surface area contributed by atoms with E-state index in [2.05, 4.69) is 36.9 Å². The number of benzene rings is 2. The van der Waals surface area contributed by atoms with Gasteiger partial charge in [0.05, 0.1) is 18.4 Å². The molecule has 10 heteroatoms. The number of carbonyl (C=O) groups is 1. The highest BCUT2D eigenvalue weighted by molar-refractivity contribution is 6.31. The van der Waals surface area contributed by atoms with Crippen molar-refractivity contribution in [1.29, 1.82) is 5.26 Å². The Morgan fingerprint density at radius 2 is 2.09 bits per heavy atom. The fraction of sp³-hybridized carbons (Fsp3) is 0.250. The first-order valence-electron chi connectivity index (χ1n) is 10.8. The second-order valence-electron chi connectivity index (χ2n) is 7.84. The smallest absolute Gasteiger partial charge is 0.229 e. The number of nitrogens with zero attached hydrogens (tertiary/aromatic N) is 4. The predicted octanol–water partition coefficient (Wildman–Crippen LogP) is 3.82. The standard InChI is InChI=1S/C24H24ClN7O2/c1-32-9-7-22(33)27-8-10-34-21-6-5-18(25)12-20(21)30-24-28-14-17(13-26)23(31-24)29-19-4-2-3-16(11-19)15-32/h2-6,11-12,14H,7-10,15H2,1H3,(H,27,33)(H2,28,29,30,31). The summed E-state index contributed by atoms with van der Waals surface area (Å²) in [7, 11) is 1.97. The van der Waals surface area contributed by atoms with Gasteiger partial charge in [-0.3, -0.25) is 4.79 Å². The van der Waals surface area contributed by atoms with E-state index in [9.17, 15) is 10.1 Å². The monoisotopic (exact) mass is 477 g/mol. The molecule has 1 aliphatic rings. The Balaban J connectivity index is 1.68. The van der Waals surface area contributed by atoms with Crippen LogP contribution in [0.25, 0.3) is 0 Å². The average molecular weight is 478 g/mol. The lowest BCUT2D eigenvalue weighted by atomic mass is 10.2. The molecule has 1 amide bonds. The maximum Gasteiger partial charge on any atom is 0.229 e. The maximum absolute atomic E-state index is 12.2. The Morgan fingerprint density at radius 3 is 2.94 bits per heavy atom. The SMILES string of the molecule is CN1CCC(=O)NCCOc2ccc(Cl)cc2Nc2ncc(C#N)c(n2)Nc2cccc(c2)C1. The van der Waals surface area contributed by atoms with Crippen LogP contribution in [0.2, 0.25) is 5.02 Å². The van der Waals surface area contributed by atoms with Crippen LogP contribution in [0.4, 0.5) is 23.1 Å². The molecule has 4 rings (SSSR count). The highest BCUT2D eigenvalue weighted by Crippen LogP contribution is 2.30. The van der Waals surface area contributed by atoms with Gasteiger partial charge in [-0.1, -0.05) is 23.7 Å². The molecule has 4 bridgehead atoms. The number of hydrogen-bond donors (Lipinski definition) is 3. The number of nitrogens with one attached hydrogen (secondary N) is 3. The lowest BCUT2D eigenvalue weighted by Crippen LogP contribution is -2.31. The van der Waals surface area contributed by atoms with Gasteiger partial charge >= 0.3 is 0 Å². The minimum absolute atomic E-state index is 0.0355. The minimum Gasteiger partial charge on any atom is -0.490 e. The number of amides is 1. The third-order valence-corrected chi connectivity index (χ3v) is 5.38. The van der Waals surface area contributed by atoms with Crippen molar-refractivity contribution in [3.05, 3.63) is 64.8 Å². The summed E-state index contributed by atoms with van der Waals surface area (Å²) in [5, 5.41) is 19.3. The van der Waals surface area contributed by atoms with Gasteiger partial charge in [0.15, 0.2) is 5.82 Å². The van der Waals surface area contributed by atoms with E-state index in [4.69, 9.17) is 16.3 Å². The summed E-state index contributed by atoms with van der Waals surface area (Å²) in [4.78, 5) is 23.1. The first-order valence-corrected chi connectivity index (χ1v) is 11.2. The molecule has 0 saturated heterocycles. The molecular formula is C24H24ClN7O2. The Labute approximate surface area is 202 Å². The van der Waals surface area contributed by atoms with Crippen molar-refractivity contribution in [1.82, 2.24) is 20.2 Å². The number of nitriles is 1. The quantitative estimate of drug-likeness (QED) is 0.447. The highest BCUT2D eigenvalue weighted by Gasteiger charge is 2.13. The number of ether oxygens (including phenoxy) is 1. The van der Waals surface area contributed by atoms with Crippen molar-refractivity contribution in [2.45, 2.75) is 13.0 Å². The zero-order valence-electron chi connectivity index (χ0n) is 18.6. The van der Waals surface area contributed by atoms with Crippen molar-refractivity contribution in [3.8, 4) is 11.8 Å². The second kappa shape index (κ2) is 10.8. The normalized spacial score (nSPS) is 15.0. The highest BCUT2D eigenvalue weighted by atomic mass is 35.5. The van der Waals surface area contributed by atoms with Gasteiger partial charge in [-0.2, -0.15) is 10.2 Å². The fourth-order valence-electron chi connectivity index (χ4n) is 3.47. The third kappa shape index (κ3) is 6.13. The van der Waals surface area contributed by atoms with Crippen molar-refractivity contribution in [2.75, 3.05) is 37.4 Å². The number of halogens is 1. The van der Waals surface area contributed by atoms with Crippen molar-refractivity contribution >= 4 is 40.6 Å². The number of rotatable bonds is 0. The van der Waals surface area contributed by atoms with Crippen LogP contribution in [-0.2, 0) is 11.3 Å². The molecule has 1 aliphatic heterocycles. The molecule has 3 N–H and O–H groups in total. The number of carbonyl (C=O) groups excluding carboxylic acids is 1. The lowest BCUT2D eigenvalue weighted by molar-refractivity contribution is -0.121. The fourth-order valence-corrected chi connectivity index (χ4v) is 3.64. The van der Waals surface area contributed by atoms with E-state index in [0.717, 1.165) is 11.3 Å². The molecule has 0 fully saturated rings. The van der Waals surface area contributed by atoms with Gasteiger partial charge in [-0.05, 0) is 42.9 Å². The molecule has 0 radical (unpaired) electrons. The maximum atomic E-state index is 12.2. The molecule has 1 aromatic heterocycles. The molecule has 34 heavy (non-hydrogen) atoms. The minimum atomic E-state index is -0.0355. The van der Waals surface area contributed by atoms with Crippen LogP contribution in [0.3, 0.4) is 0 Å². The van der Waals surface area contributed by atoms with Gasteiger partial charge in [0.25, 0.3) is 0 Å². The van der Waals surface area contributed by atoms with Crippen LogP contribution in [-0.4, -0.2) is 47.5 Å². The summed E-state index contributed by atoms with van der Waals surface area (Å²) in [5.41, 5.74) is 2.73. The summed E-state index contributed by atoms with van der Waals surface area (Å²) in [5.74, 6) is 1.15. The van der Waals surface area contributed by atoms with Crippen molar-refractivity contribution in [2.24, 2.45) is 0 Å². The zero-order chi connectivity index (χ0) is 23.9. The largest absolute Gasteiger partial charge is 0.490 e. The molecule has 3 aromatic rings. The van der Waals surface area contributed by atoms with Crippen LogP contribution in [0.5, 0.6) is 5.75 Å². The molecule has 0 unspecified atom stereocenters. The van der Waals surface area contributed by atoms with Crippen molar-refractivity contribution < 1.29 is 9.53 Å². The second-order valence-corrected chi connectivity index (χ2v) is 8.28. The first kappa shape index (κ1) is 23.3. The molecule has 174 valence electrons. The zero-order valence-corrected chi connectivity index (χ0v) is 19.4. The Morgan fingerprint density at radius 1 is 1.21 bits per heavy atom. The lowest BCUT2D eigenvalue weighted by Gasteiger charge is -2.17. The molecule has 2 heterocycles. The van der Waals surface area contributed by atoms with Gasteiger partial charge < -0.3 is 25.6 Å². The van der Waals surface area contributed by atoms with Crippen LogP contribution >= 0.6 is 11.6 Å². The van der Waals surface area contributed by atoms with Crippen LogP contribution in [0.15, 0.2) is 48.7 Å². The van der Waals surface area contributed by atoms with E-state index in [-0.39, 0.29) is 18.5 Å². The van der Waals surface area contributed by atoms with E-state index in [0.29, 0.717) is 53.9 Å². The number of aromatic nitrogens is 2. The van der Waals surface area contributed by atoms with Gasteiger partial charge in [0.1, 0.15) is 24.0 Å². The molecule has 0 atom stereocenters. The number of anilines is 4. The van der Waals surface area contributed by atoms with Crippen LogP contribution < -0.4 is 20.7 Å². The van der Waals surface area contributed by atoms with Crippen LogP contribution in [0, 0.1) is 11.3 Å². The Kier molecular flexibility index (Phi) is 7.42. The predicted molar refractivity (Wildman–Crippen MR) is 131 cm³/mol. The molecule has 2 aromatic carbocycles. The van der Waals surface area contributed by atoms with E-state index in [1.165, 1.54) is 6.20 Å². The van der Waals surface area contributed by atoms with Gasteiger partial charge in [0.2, 0.25) is 11.9 Å². The molecule has 0 spiro atoms. The van der Waals surface area contributed by atoms with E-state index in [1.807, 2.05) is 31.3 Å².